The summed E-state index contributed by atoms with van der Waals surface area (Å²) in [5.41, 5.74) is 5.40. The molecule has 140 valence electrons. The molecule has 4 nitrogen and oxygen atoms in total. The Kier molecular flexibility index (Phi) is 4.30. The average Bonchev–Trinajstić information content (AvgIpc) is 2.90. The summed E-state index contributed by atoms with van der Waals surface area (Å²) >= 11 is 0. The summed E-state index contributed by atoms with van der Waals surface area (Å²) in [5.74, 6) is 0.574. The first kappa shape index (κ1) is 17.2. The number of nitrogens with zero attached hydrogens (tertiary/aromatic N) is 2. The van der Waals surface area contributed by atoms with E-state index in [9.17, 15) is 4.79 Å². The fourth-order valence-electron chi connectivity index (χ4n) is 3.65. The van der Waals surface area contributed by atoms with E-state index in [0.29, 0.717) is 17.9 Å². The van der Waals surface area contributed by atoms with Crippen LogP contribution in [-0.2, 0) is 6.54 Å². The van der Waals surface area contributed by atoms with Gasteiger partial charge in [-0.1, -0.05) is 66.7 Å². The second-order valence-corrected chi connectivity index (χ2v) is 7.00. The summed E-state index contributed by atoms with van der Waals surface area (Å²) in [5, 5.41) is 3.40. The second kappa shape index (κ2) is 7.24. The summed E-state index contributed by atoms with van der Waals surface area (Å²) in [6, 6.07) is 29.9. The highest BCUT2D eigenvalue weighted by Gasteiger charge is 2.28. The third-order valence-corrected chi connectivity index (χ3v) is 5.10. The molecule has 0 saturated heterocycles. The van der Waals surface area contributed by atoms with Gasteiger partial charge in [0, 0.05) is 6.20 Å². The van der Waals surface area contributed by atoms with Gasteiger partial charge in [-0.25, -0.2) is 4.98 Å². The van der Waals surface area contributed by atoms with Crippen molar-refractivity contribution in [1.82, 2.24) is 4.98 Å². The Bertz CT molecular complexity index is 1170. The minimum absolute atomic E-state index is 0.0633. The molecule has 1 aliphatic rings. The Hall–Kier alpha value is -3.92. The van der Waals surface area contributed by atoms with E-state index in [0.717, 1.165) is 28.1 Å². The Morgan fingerprint density at radius 3 is 2.31 bits per heavy atom. The van der Waals surface area contributed by atoms with Crippen molar-refractivity contribution in [2.75, 3.05) is 10.2 Å². The molecule has 4 aromatic rings. The molecule has 3 aromatic carbocycles. The lowest BCUT2D eigenvalue weighted by molar-refractivity contribution is 0.0986. The molecule has 0 unspecified atom stereocenters. The summed E-state index contributed by atoms with van der Waals surface area (Å²) in [4.78, 5) is 19.9. The molecule has 1 aromatic heterocycles. The van der Waals surface area contributed by atoms with Gasteiger partial charge in [-0.15, -0.1) is 0 Å². The first-order valence-corrected chi connectivity index (χ1v) is 9.57. The molecule has 0 bridgehead atoms. The lowest BCUT2D eigenvalue weighted by Crippen LogP contribution is -2.30. The van der Waals surface area contributed by atoms with Crippen molar-refractivity contribution < 1.29 is 4.79 Å². The molecule has 0 aliphatic carbocycles. The number of pyridine rings is 1. The zero-order chi connectivity index (χ0) is 19.6. The van der Waals surface area contributed by atoms with Gasteiger partial charge in [0.1, 0.15) is 0 Å². The minimum atomic E-state index is -0.0633. The molecule has 29 heavy (non-hydrogen) atoms. The minimum Gasteiger partial charge on any atom is -0.352 e. The third kappa shape index (κ3) is 3.25. The van der Waals surface area contributed by atoms with Gasteiger partial charge in [0.05, 0.1) is 23.5 Å². The zero-order valence-corrected chi connectivity index (χ0v) is 15.7. The van der Waals surface area contributed by atoms with Crippen LogP contribution >= 0.6 is 0 Å². The number of hydrogen-bond acceptors (Lipinski definition) is 3. The topological polar surface area (TPSA) is 45.2 Å². The molecule has 0 radical (unpaired) electrons. The van der Waals surface area contributed by atoms with Crippen LogP contribution in [0.3, 0.4) is 0 Å². The summed E-state index contributed by atoms with van der Waals surface area (Å²) in [7, 11) is 0. The quantitative estimate of drug-likeness (QED) is 0.502. The Morgan fingerprint density at radius 1 is 0.759 bits per heavy atom. The fraction of sp³-hybridized carbons (Fsp3) is 0.0400. The molecule has 0 saturated carbocycles. The number of hydrogen-bond donors (Lipinski definition) is 1. The number of benzene rings is 3. The van der Waals surface area contributed by atoms with Crippen LogP contribution in [0.1, 0.15) is 15.9 Å². The van der Waals surface area contributed by atoms with E-state index in [-0.39, 0.29) is 5.91 Å². The number of amides is 1. The molecule has 0 atom stereocenters. The maximum Gasteiger partial charge on any atom is 0.261 e. The van der Waals surface area contributed by atoms with Gasteiger partial charge in [0.25, 0.3) is 5.91 Å². The number of nitrogens with one attached hydrogen (secondary N) is 1. The zero-order valence-electron chi connectivity index (χ0n) is 15.7. The van der Waals surface area contributed by atoms with Crippen LogP contribution < -0.4 is 10.2 Å². The SMILES string of the molecule is O=C1c2cc(-c3ccccc3)ccc2Nc2cccnc2N1Cc1ccccc1. The van der Waals surface area contributed by atoms with Gasteiger partial charge in [0.2, 0.25) is 0 Å². The van der Waals surface area contributed by atoms with Gasteiger partial charge in [-0.3, -0.25) is 9.69 Å². The molecule has 0 fully saturated rings. The van der Waals surface area contributed by atoms with Crippen molar-refractivity contribution in [1.29, 1.82) is 0 Å². The molecule has 2 heterocycles. The normalized spacial score (nSPS) is 12.6. The summed E-state index contributed by atoms with van der Waals surface area (Å²) in [6.07, 6.45) is 1.72. The van der Waals surface area contributed by atoms with Crippen LogP contribution in [0.4, 0.5) is 17.2 Å². The van der Waals surface area contributed by atoms with E-state index >= 15 is 0 Å². The van der Waals surface area contributed by atoms with Gasteiger partial charge in [-0.05, 0) is 41.0 Å². The predicted molar refractivity (Wildman–Crippen MR) is 116 cm³/mol. The maximum atomic E-state index is 13.6. The van der Waals surface area contributed by atoms with Crippen molar-refractivity contribution in [2.24, 2.45) is 0 Å². The summed E-state index contributed by atoms with van der Waals surface area (Å²) in [6.45, 7) is 0.459. The van der Waals surface area contributed by atoms with Crippen molar-refractivity contribution in [2.45, 2.75) is 6.54 Å². The standard InChI is InChI=1S/C25H19N3O/c29-25-21-16-20(19-10-5-2-6-11-19)13-14-22(21)27-23-12-7-15-26-24(23)28(25)17-18-8-3-1-4-9-18/h1-16,27H,17H2. The number of aromatic nitrogens is 1. The molecule has 1 aliphatic heterocycles. The number of rotatable bonds is 3. The lowest BCUT2D eigenvalue weighted by atomic mass is 10.0. The molecule has 1 N–H and O–H groups in total. The predicted octanol–water partition coefficient (Wildman–Crippen LogP) is 5.65. The van der Waals surface area contributed by atoms with Crippen LogP contribution in [0.2, 0.25) is 0 Å². The molecular formula is C25H19N3O. The van der Waals surface area contributed by atoms with Gasteiger partial charge < -0.3 is 5.32 Å². The van der Waals surface area contributed by atoms with E-state index in [1.807, 2.05) is 91.0 Å². The first-order chi connectivity index (χ1) is 14.3. The van der Waals surface area contributed by atoms with Crippen molar-refractivity contribution in [3.8, 4) is 11.1 Å². The highest BCUT2D eigenvalue weighted by molar-refractivity contribution is 6.13. The second-order valence-electron chi connectivity index (χ2n) is 7.00. The number of fused-ring (bicyclic) bond motifs is 2. The summed E-state index contributed by atoms with van der Waals surface area (Å²) < 4.78 is 0. The Labute approximate surface area is 169 Å². The van der Waals surface area contributed by atoms with E-state index < -0.39 is 0 Å². The van der Waals surface area contributed by atoms with E-state index in [4.69, 9.17) is 0 Å². The molecule has 0 spiro atoms. The van der Waals surface area contributed by atoms with E-state index in [1.165, 1.54) is 0 Å². The monoisotopic (exact) mass is 377 g/mol. The molecule has 5 rings (SSSR count). The first-order valence-electron chi connectivity index (χ1n) is 9.57. The van der Waals surface area contributed by atoms with E-state index in [1.54, 1.807) is 11.1 Å². The number of anilines is 3. The molecule has 4 heteroatoms. The van der Waals surface area contributed by atoms with Crippen LogP contribution in [0.15, 0.2) is 97.2 Å². The van der Waals surface area contributed by atoms with E-state index in [2.05, 4.69) is 10.3 Å². The highest BCUT2D eigenvalue weighted by atomic mass is 16.2. The van der Waals surface area contributed by atoms with Crippen LogP contribution in [0.25, 0.3) is 11.1 Å². The Balaban J connectivity index is 1.63. The van der Waals surface area contributed by atoms with Crippen molar-refractivity contribution in [3.05, 3.63) is 108 Å². The van der Waals surface area contributed by atoms with Crippen LogP contribution in [0.5, 0.6) is 0 Å². The van der Waals surface area contributed by atoms with Crippen LogP contribution in [0, 0.1) is 0 Å². The number of carbonyl (C=O) groups excluding carboxylic acids is 1. The molecule has 1 amide bonds. The van der Waals surface area contributed by atoms with Gasteiger partial charge >= 0.3 is 0 Å². The lowest BCUT2D eigenvalue weighted by Gasteiger charge is -2.21. The molecular weight excluding hydrogens is 358 g/mol. The van der Waals surface area contributed by atoms with Gasteiger partial charge in [0.15, 0.2) is 5.82 Å². The Morgan fingerprint density at radius 2 is 1.52 bits per heavy atom. The highest BCUT2D eigenvalue weighted by Crippen LogP contribution is 2.36. The maximum absolute atomic E-state index is 13.6. The third-order valence-electron chi connectivity index (χ3n) is 5.10. The fourth-order valence-corrected chi connectivity index (χ4v) is 3.65. The smallest absolute Gasteiger partial charge is 0.261 e. The van der Waals surface area contributed by atoms with Crippen molar-refractivity contribution >= 4 is 23.1 Å². The number of carbonyl (C=O) groups is 1. The largest absolute Gasteiger partial charge is 0.352 e. The van der Waals surface area contributed by atoms with Crippen molar-refractivity contribution in [3.63, 3.8) is 0 Å². The average molecular weight is 377 g/mol. The van der Waals surface area contributed by atoms with Gasteiger partial charge in [-0.2, -0.15) is 0 Å². The van der Waals surface area contributed by atoms with Crippen LogP contribution in [-0.4, -0.2) is 10.9 Å².